The molecule has 2 rings (SSSR count). The first-order valence-electron chi connectivity index (χ1n) is 5.35. The molecule has 3 heteroatoms. The van der Waals surface area contributed by atoms with Gasteiger partial charge in [-0.25, -0.2) is 0 Å². The van der Waals surface area contributed by atoms with Crippen LogP contribution in [0.15, 0.2) is 24.3 Å². The fourth-order valence-electron chi connectivity index (χ4n) is 1.77. The standard InChI is InChI=1S/C12H18N2O/c1-14(2)7-8-15-12-11-6-4-3-5-10(11)9-13-12/h3-6,12-13H,7-9H2,1-2H3. The van der Waals surface area contributed by atoms with Crippen molar-refractivity contribution in [1.29, 1.82) is 0 Å². The summed E-state index contributed by atoms with van der Waals surface area (Å²) in [6, 6.07) is 8.42. The smallest absolute Gasteiger partial charge is 0.134 e. The average molecular weight is 206 g/mol. The molecule has 1 heterocycles. The molecule has 0 bridgehead atoms. The number of hydrogen-bond acceptors (Lipinski definition) is 3. The van der Waals surface area contributed by atoms with Gasteiger partial charge < -0.3 is 9.64 Å². The van der Waals surface area contributed by atoms with Gasteiger partial charge in [-0.3, -0.25) is 5.32 Å². The Bertz CT molecular complexity index is 325. The summed E-state index contributed by atoms with van der Waals surface area (Å²) in [7, 11) is 4.11. The van der Waals surface area contributed by atoms with E-state index in [2.05, 4.69) is 48.6 Å². The summed E-state index contributed by atoms with van der Waals surface area (Å²) in [5, 5.41) is 3.36. The van der Waals surface area contributed by atoms with Crippen LogP contribution in [-0.2, 0) is 11.3 Å². The maximum atomic E-state index is 5.79. The van der Waals surface area contributed by atoms with Gasteiger partial charge in [0.1, 0.15) is 6.23 Å². The van der Waals surface area contributed by atoms with Gasteiger partial charge in [0.05, 0.1) is 6.61 Å². The third kappa shape index (κ3) is 2.56. The van der Waals surface area contributed by atoms with Crippen LogP contribution in [0.2, 0.25) is 0 Å². The minimum absolute atomic E-state index is 0.0844. The maximum absolute atomic E-state index is 5.79. The summed E-state index contributed by atoms with van der Waals surface area (Å²) in [4.78, 5) is 2.13. The summed E-state index contributed by atoms with van der Waals surface area (Å²) < 4.78 is 5.79. The highest BCUT2D eigenvalue weighted by molar-refractivity contribution is 5.32. The number of nitrogens with zero attached hydrogens (tertiary/aromatic N) is 1. The van der Waals surface area contributed by atoms with Crippen molar-refractivity contribution in [1.82, 2.24) is 10.2 Å². The SMILES string of the molecule is CN(C)CCOC1NCc2ccccc21. The van der Waals surface area contributed by atoms with Crippen LogP contribution in [0.25, 0.3) is 0 Å². The lowest BCUT2D eigenvalue weighted by atomic mass is 10.1. The van der Waals surface area contributed by atoms with Gasteiger partial charge in [-0.05, 0) is 25.2 Å². The molecular formula is C12H18N2O. The molecule has 0 radical (unpaired) electrons. The van der Waals surface area contributed by atoms with Crippen molar-refractivity contribution >= 4 is 0 Å². The zero-order chi connectivity index (χ0) is 10.7. The van der Waals surface area contributed by atoms with E-state index in [9.17, 15) is 0 Å². The van der Waals surface area contributed by atoms with Gasteiger partial charge in [-0.1, -0.05) is 24.3 Å². The molecular weight excluding hydrogens is 188 g/mol. The highest BCUT2D eigenvalue weighted by atomic mass is 16.5. The van der Waals surface area contributed by atoms with E-state index >= 15 is 0 Å². The van der Waals surface area contributed by atoms with Gasteiger partial charge in [-0.2, -0.15) is 0 Å². The third-order valence-corrected chi connectivity index (χ3v) is 2.64. The summed E-state index contributed by atoms with van der Waals surface area (Å²) in [5.41, 5.74) is 2.64. The minimum atomic E-state index is 0.0844. The zero-order valence-electron chi connectivity index (χ0n) is 9.36. The van der Waals surface area contributed by atoms with E-state index in [0.717, 1.165) is 19.7 Å². The highest BCUT2D eigenvalue weighted by Gasteiger charge is 2.21. The maximum Gasteiger partial charge on any atom is 0.134 e. The van der Waals surface area contributed by atoms with Crippen molar-refractivity contribution in [2.24, 2.45) is 0 Å². The Hall–Kier alpha value is -0.900. The van der Waals surface area contributed by atoms with Crippen LogP contribution in [0.3, 0.4) is 0 Å². The first-order valence-corrected chi connectivity index (χ1v) is 5.35. The summed E-state index contributed by atoms with van der Waals surface area (Å²) >= 11 is 0. The van der Waals surface area contributed by atoms with E-state index in [1.165, 1.54) is 11.1 Å². The third-order valence-electron chi connectivity index (χ3n) is 2.64. The monoisotopic (exact) mass is 206 g/mol. The van der Waals surface area contributed by atoms with E-state index in [1.807, 2.05) is 0 Å². The Morgan fingerprint density at radius 2 is 2.20 bits per heavy atom. The number of rotatable bonds is 4. The number of nitrogens with one attached hydrogen (secondary N) is 1. The van der Waals surface area contributed by atoms with E-state index in [-0.39, 0.29) is 6.23 Å². The highest BCUT2D eigenvalue weighted by Crippen LogP contribution is 2.25. The lowest BCUT2D eigenvalue weighted by Crippen LogP contribution is -2.22. The Balaban J connectivity index is 1.90. The topological polar surface area (TPSA) is 24.5 Å². The molecule has 0 saturated heterocycles. The van der Waals surface area contributed by atoms with Crippen LogP contribution in [0.1, 0.15) is 17.4 Å². The molecule has 82 valence electrons. The van der Waals surface area contributed by atoms with Crippen LogP contribution in [0.4, 0.5) is 0 Å². The van der Waals surface area contributed by atoms with Gasteiger partial charge in [0, 0.05) is 13.1 Å². The molecule has 3 nitrogen and oxygen atoms in total. The molecule has 1 aromatic carbocycles. The lowest BCUT2D eigenvalue weighted by molar-refractivity contribution is 0.0278. The molecule has 15 heavy (non-hydrogen) atoms. The van der Waals surface area contributed by atoms with Crippen molar-refractivity contribution < 1.29 is 4.74 Å². The molecule has 0 aliphatic carbocycles. The van der Waals surface area contributed by atoms with Gasteiger partial charge in [0.25, 0.3) is 0 Å². The second-order valence-electron chi connectivity index (χ2n) is 4.13. The lowest BCUT2D eigenvalue weighted by Gasteiger charge is -2.15. The normalized spacial score (nSPS) is 19.5. The van der Waals surface area contributed by atoms with Crippen LogP contribution in [-0.4, -0.2) is 32.1 Å². The number of hydrogen-bond donors (Lipinski definition) is 1. The summed E-state index contributed by atoms with van der Waals surface area (Å²) in [6.45, 7) is 2.64. The molecule has 1 atom stereocenters. The van der Waals surface area contributed by atoms with Crippen molar-refractivity contribution in [3.8, 4) is 0 Å². The van der Waals surface area contributed by atoms with Crippen molar-refractivity contribution in [2.45, 2.75) is 12.8 Å². The molecule has 0 aromatic heterocycles. The molecule has 1 unspecified atom stereocenters. The van der Waals surface area contributed by atoms with Gasteiger partial charge in [-0.15, -0.1) is 0 Å². The summed E-state index contributed by atoms with van der Waals surface area (Å²) in [5.74, 6) is 0. The van der Waals surface area contributed by atoms with Crippen molar-refractivity contribution in [2.75, 3.05) is 27.2 Å². The largest absolute Gasteiger partial charge is 0.358 e. The van der Waals surface area contributed by atoms with E-state index in [4.69, 9.17) is 4.74 Å². The van der Waals surface area contributed by atoms with Crippen LogP contribution in [0.5, 0.6) is 0 Å². The predicted octanol–water partition coefficient (Wildman–Crippen LogP) is 1.37. The first kappa shape index (κ1) is 10.6. The van der Waals surface area contributed by atoms with Crippen LogP contribution in [0, 0.1) is 0 Å². The molecule has 0 fully saturated rings. The fraction of sp³-hybridized carbons (Fsp3) is 0.500. The fourth-order valence-corrected chi connectivity index (χ4v) is 1.77. The van der Waals surface area contributed by atoms with Crippen molar-refractivity contribution in [3.05, 3.63) is 35.4 Å². The Labute approximate surface area is 91.0 Å². The molecule has 0 amide bonds. The van der Waals surface area contributed by atoms with Gasteiger partial charge in [0.15, 0.2) is 0 Å². The second-order valence-corrected chi connectivity index (χ2v) is 4.13. The first-order chi connectivity index (χ1) is 7.27. The van der Waals surface area contributed by atoms with Gasteiger partial charge in [0.2, 0.25) is 0 Å². The number of ether oxygens (including phenoxy) is 1. The van der Waals surface area contributed by atoms with Gasteiger partial charge >= 0.3 is 0 Å². The number of fused-ring (bicyclic) bond motifs is 1. The van der Waals surface area contributed by atoms with Crippen molar-refractivity contribution in [3.63, 3.8) is 0 Å². The minimum Gasteiger partial charge on any atom is -0.358 e. The Kier molecular flexibility index (Phi) is 3.36. The molecule has 1 aliphatic heterocycles. The second kappa shape index (κ2) is 4.75. The molecule has 1 aliphatic rings. The molecule has 1 aromatic rings. The quantitative estimate of drug-likeness (QED) is 0.805. The predicted molar refractivity (Wildman–Crippen MR) is 60.5 cm³/mol. The van der Waals surface area contributed by atoms with E-state index in [0.29, 0.717) is 0 Å². The molecule has 1 N–H and O–H groups in total. The van der Waals surface area contributed by atoms with E-state index < -0.39 is 0 Å². The zero-order valence-corrected chi connectivity index (χ0v) is 9.36. The summed E-state index contributed by atoms with van der Waals surface area (Å²) in [6.07, 6.45) is 0.0844. The van der Waals surface area contributed by atoms with E-state index in [1.54, 1.807) is 0 Å². The Morgan fingerprint density at radius 1 is 1.40 bits per heavy atom. The average Bonchev–Trinajstić information content (AvgIpc) is 2.62. The molecule has 0 saturated carbocycles. The molecule has 0 spiro atoms. The Morgan fingerprint density at radius 3 is 3.00 bits per heavy atom. The van der Waals surface area contributed by atoms with Crippen LogP contribution < -0.4 is 5.32 Å². The van der Waals surface area contributed by atoms with Crippen LogP contribution >= 0.6 is 0 Å². The number of likely N-dealkylation sites (N-methyl/N-ethyl adjacent to an activating group) is 1. The number of benzene rings is 1.